The third kappa shape index (κ3) is 6.57. The minimum absolute atomic E-state index is 0.00341. The van der Waals surface area contributed by atoms with Gasteiger partial charge >= 0.3 is 12.1 Å². The van der Waals surface area contributed by atoms with Gasteiger partial charge in [-0.15, -0.1) is 0 Å². The van der Waals surface area contributed by atoms with Gasteiger partial charge in [0.2, 0.25) is 5.95 Å². The van der Waals surface area contributed by atoms with Crippen molar-refractivity contribution in [2.75, 3.05) is 44.2 Å². The van der Waals surface area contributed by atoms with Crippen molar-refractivity contribution in [3.05, 3.63) is 120 Å². The molecule has 1 unspecified atom stereocenters. The van der Waals surface area contributed by atoms with Crippen molar-refractivity contribution in [3.63, 3.8) is 0 Å². The molecule has 1 saturated heterocycles. The van der Waals surface area contributed by atoms with Crippen LogP contribution in [0.3, 0.4) is 0 Å². The number of aromatic carboxylic acids is 1. The second-order valence-electron chi connectivity index (χ2n) is 10.7. The van der Waals surface area contributed by atoms with E-state index in [4.69, 9.17) is 9.84 Å². The molecule has 1 aliphatic carbocycles. The summed E-state index contributed by atoms with van der Waals surface area (Å²) in [4.78, 5) is 37.0. The van der Waals surface area contributed by atoms with E-state index >= 15 is 0 Å². The molecule has 1 amide bonds. The Labute approximate surface area is 250 Å². The highest BCUT2D eigenvalue weighted by Gasteiger charge is 2.29. The fraction of sp³-hybridized carbons (Fsp3) is 0.235. The molecule has 2 aliphatic rings. The van der Waals surface area contributed by atoms with Gasteiger partial charge in [-0.3, -0.25) is 4.90 Å². The first kappa shape index (κ1) is 28.1. The molecule has 43 heavy (non-hydrogen) atoms. The van der Waals surface area contributed by atoms with Crippen LogP contribution in [0.4, 0.5) is 10.7 Å². The van der Waals surface area contributed by atoms with E-state index in [1.807, 2.05) is 71.6 Å². The predicted molar refractivity (Wildman–Crippen MR) is 165 cm³/mol. The monoisotopic (exact) mass is 575 g/mol. The van der Waals surface area contributed by atoms with Gasteiger partial charge in [0.25, 0.3) is 0 Å². The Hall–Kier alpha value is -5.02. The van der Waals surface area contributed by atoms with Crippen LogP contribution in [0.1, 0.15) is 33.0 Å². The molecule has 0 radical (unpaired) electrons. The zero-order valence-electron chi connectivity index (χ0n) is 23.7. The third-order valence-electron chi connectivity index (χ3n) is 7.96. The van der Waals surface area contributed by atoms with Gasteiger partial charge in [-0.2, -0.15) is 0 Å². The molecule has 1 fully saturated rings. The third-order valence-corrected chi connectivity index (χ3v) is 7.96. The Kier molecular flexibility index (Phi) is 8.42. The van der Waals surface area contributed by atoms with Crippen LogP contribution in [-0.2, 0) is 4.74 Å². The van der Waals surface area contributed by atoms with Gasteiger partial charge in [0.1, 0.15) is 6.61 Å². The Bertz CT molecular complexity index is 1560. The normalized spacial score (nSPS) is 15.6. The number of aromatic nitrogens is 2. The number of nitrogens with one attached hydrogen (secondary N) is 1. The number of rotatable bonds is 9. The van der Waals surface area contributed by atoms with Crippen molar-refractivity contribution >= 4 is 24.1 Å². The van der Waals surface area contributed by atoms with E-state index in [-0.39, 0.29) is 24.1 Å². The second-order valence-corrected chi connectivity index (χ2v) is 10.7. The molecule has 4 aromatic rings. The number of alkyl carbamates (subject to hydrolysis) is 1. The quantitative estimate of drug-likeness (QED) is 0.290. The highest BCUT2D eigenvalue weighted by atomic mass is 16.5. The number of ether oxygens (including phenoxy) is 1. The summed E-state index contributed by atoms with van der Waals surface area (Å²) in [5.41, 5.74) is 5.85. The number of fused-ring (bicyclic) bond motifs is 3. The molecule has 9 nitrogen and oxygen atoms in total. The summed E-state index contributed by atoms with van der Waals surface area (Å²) < 4.78 is 5.84. The Balaban J connectivity index is 1.09. The first-order valence-corrected chi connectivity index (χ1v) is 14.4. The first-order valence-electron chi connectivity index (χ1n) is 14.4. The van der Waals surface area contributed by atoms with Gasteiger partial charge in [0, 0.05) is 51.0 Å². The molecular formula is C34H33N5O4. The van der Waals surface area contributed by atoms with E-state index < -0.39 is 12.1 Å². The van der Waals surface area contributed by atoms with Gasteiger partial charge in [-0.25, -0.2) is 19.6 Å². The van der Waals surface area contributed by atoms with Crippen molar-refractivity contribution in [2.45, 2.75) is 12.0 Å². The van der Waals surface area contributed by atoms with Crippen molar-refractivity contribution in [1.82, 2.24) is 20.2 Å². The van der Waals surface area contributed by atoms with Crippen LogP contribution in [-0.4, -0.2) is 77.4 Å². The van der Waals surface area contributed by atoms with Crippen LogP contribution in [0.5, 0.6) is 0 Å². The minimum atomic E-state index is -1.05. The number of carboxylic acids is 1. The zero-order valence-corrected chi connectivity index (χ0v) is 23.7. The van der Waals surface area contributed by atoms with Gasteiger partial charge < -0.3 is 20.1 Å². The summed E-state index contributed by atoms with van der Waals surface area (Å²) in [6.45, 7) is 3.73. The summed E-state index contributed by atoms with van der Waals surface area (Å²) in [5, 5.41) is 12.2. The van der Waals surface area contributed by atoms with E-state index in [2.05, 4.69) is 44.5 Å². The predicted octanol–water partition coefficient (Wildman–Crippen LogP) is 4.92. The molecule has 0 saturated carbocycles. The average Bonchev–Trinajstić information content (AvgIpc) is 3.37. The molecule has 2 heterocycles. The van der Waals surface area contributed by atoms with Crippen LogP contribution in [0, 0.1) is 0 Å². The number of carbonyl (C=O) groups is 2. The molecule has 0 spiro atoms. The van der Waals surface area contributed by atoms with E-state index in [0.717, 1.165) is 18.7 Å². The summed E-state index contributed by atoms with van der Waals surface area (Å²) in [7, 11) is 0. The molecule has 3 aromatic carbocycles. The number of amides is 1. The molecule has 2 N–H and O–H groups in total. The molecule has 1 aliphatic heterocycles. The number of piperazine rings is 1. The average molecular weight is 576 g/mol. The largest absolute Gasteiger partial charge is 0.478 e. The molecule has 1 aromatic heterocycles. The molecule has 9 heteroatoms. The van der Waals surface area contributed by atoms with E-state index in [1.165, 1.54) is 34.6 Å². The topological polar surface area (TPSA) is 108 Å². The summed E-state index contributed by atoms with van der Waals surface area (Å²) >= 11 is 0. The van der Waals surface area contributed by atoms with Crippen molar-refractivity contribution in [1.29, 1.82) is 0 Å². The van der Waals surface area contributed by atoms with Crippen LogP contribution in [0.2, 0.25) is 0 Å². The van der Waals surface area contributed by atoms with E-state index in [1.54, 1.807) is 0 Å². The van der Waals surface area contributed by atoms with Crippen LogP contribution < -0.4 is 10.2 Å². The van der Waals surface area contributed by atoms with E-state index in [9.17, 15) is 9.59 Å². The lowest BCUT2D eigenvalue weighted by Gasteiger charge is -2.36. The lowest BCUT2D eigenvalue weighted by atomic mass is 9.98. The van der Waals surface area contributed by atoms with Crippen LogP contribution >= 0.6 is 0 Å². The molecule has 0 bridgehead atoms. The lowest BCUT2D eigenvalue weighted by Crippen LogP contribution is -2.51. The molecular weight excluding hydrogens is 542 g/mol. The summed E-state index contributed by atoms with van der Waals surface area (Å²) in [5.74, 6) is -0.534. The smallest absolute Gasteiger partial charge is 0.407 e. The number of anilines is 1. The van der Waals surface area contributed by atoms with E-state index in [0.29, 0.717) is 25.6 Å². The fourth-order valence-corrected chi connectivity index (χ4v) is 5.74. The minimum Gasteiger partial charge on any atom is -0.478 e. The number of benzene rings is 3. The van der Waals surface area contributed by atoms with Crippen LogP contribution in [0.25, 0.3) is 17.2 Å². The number of carbonyl (C=O) groups excluding carboxylic acids is 1. The highest BCUT2D eigenvalue weighted by Crippen LogP contribution is 2.44. The number of carboxylic acid groups (broad SMARTS) is 1. The molecule has 6 rings (SSSR count). The zero-order chi connectivity index (χ0) is 29.6. The van der Waals surface area contributed by atoms with Gasteiger partial charge in [-0.1, -0.05) is 91.0 Å². The standard InChI is InChI=1S/C34H33N5O4/c40-32(41)25-20-35-33(36-21-25)39-18-16-38(17-19-39)22-26(15-14-24-8-2-1-3-9-24)37-34(42)43-23-31-29-12-6-4-10-27(29)28-11-5-7-13-30(28)31/h1-15,20-21,26,31H,16-19,22-23H2,(H,37,42)(H,40,41)/b15-14+. The summed E-state index contributed by atoms with van der Waals surface area (Å²) in [6, 6.07) is 26.3. The SMILES string of the molecule is O=C(NC(/C=C/c1ccccc1)CN1CCN(c2ncc(C(=O)O)cn2)CC1)OCC1c2ccccc2-c2ccccc21. The molecule has 218 valence electrons. The summed E-state index contributed by atoms with van der Waals surface area (Å²) in [6.07, 6.45) is 6.24. The van der Waals surface area contributed by atoms with Crippen molar-refractivity contribution in [3.8, 4) is 11.1 Å². The number of hydrogen-bond donors (Lipinski definition) is 2. The fourth-order valence-electron chi connectivity index (χ4n) is 5.74. The van der Waals surface area contributed by atoms with Crippen molar-refractivity contribution < 1.29 is 19.4 Å². The highest BCUT2D eigenvalue weighted by molar-refractivity contribution is 5.86. The Morgan fingerprint density at radius 1 is 0.884 bits per heavy atom. The maximum absolute atomic E-state index is 13.1. The van der Waals surface area contributed by atoms with Gasteiger partial charge in [-0.05, 0) is 27.8 Å². The number of hydrogen-bond acceptors (Lipinski definition) is 7. The van der Waals surface area contributed by atoms with Gasteiger partial charge in [0.05, 0.1) is 11.6 Å². The van der Waals surface area contributed by atoms with Crippen molar-refractivity contribution in [2.24, 2.45) is 0 Å². The maximum Gasteiger partial charge on any atom is 0.407 e. The number of nitrogens with zero attached hydrogens (tertiary/aromatic N) is 4. The first-order chi connectivity index (χ1) is 21.0. The Morgan fingerprint density at radius 2 is 1.49 bits per heavy atom. The molecule has 1 atom stereocenters. The lowest BCUT2D eigenvalue weighted by molar-refractivity contribution is 0.0696. The second kappa shape index (κ2) is 12.9. The Morgan fingerprint density at radius 3 is 2.12 bits per heavy atom. The van der Waals surface area contributed by atoms with Gasteiger partial charge in [0.15, 0.2) is 0 Å². The van der Waals surface area contributed by atoms with Crippen LogP contribution in [0.15, 0.2) is 97.3 Å². The maximum atomic E-state index is 13.1.